The highest BCUT2D eigenvalue weighted by Gasteiger charge is 2.17. The molecule has 1 aliphatic rings. The van der Waals surface area contributed by atoms with Crippen LogP contribution in [0.15, 0.2) is 29.3 Å². The molecule has 0 unspecified atom stereocenters. The normalized spacial score (nSPS) is 12.5. The van der Waals surface area contributed by atoms with Gasteiger partial charge in [0.1, 0.15) is 13.2 Å². The van der Waals surface area contributed by atoms with Crippen molar-refractivity contribution in [1.82, 2.24) is 10.6 Å². The Hall–Kier alpha value is -2.27. The van der Waals surface area contributed by atoms with Crippen molar-refractivity contribution in [3.8, 4) is 28.7 Å². The molecular weight excluding hydrogens is 537 g/mol. The number of ether oxygens (including phenoxy) is 5. The highest BCUT2D eigenvalue weighted by atomic mass is 127. The second-order valence-electron chi connectivity index (χ2n) is 6.41. The summed E-state index contributed by atoms with van der Waals surface area (Å²) in [6, 6.07) is 7.55. The first-order valence-electron chi connectivity index (χ1n) is 9.41. The molecule has 2 aromatic rings. The van der Waals surface area contributed by atoms with Gasteiger partial charge in [-0.15, -0.1) is 24.0 Å². The standard InChI is InChI=1S/C21H26ClN3O5.HI/c1-23-21(24-11-13-7-15(22)19-18(10-13)29-5-6-30-19)25-12-14-8-16(26-2)20(28-4)17(9-14)27-3;/h7-10H,5-6,11-12H2,1-4H3,(H2,23,24,25);1H. The van der Waals surface area contributed by atoms with E-state index < -0.39 is 0 Å². The Labute approximate surface area is 204 Å². The first-order chi connectivity index (χ1) is 14.6. The number of rotatable bonds is 7. The minimum absolute atomic E-state index is 0. The molecule has 0 atom stereocenters. The summed E-state index contributed by atoms with van der Waals surface area (Å²) in [5.74, 6) is 3.64. The smallest absolute Gasteiger partial charge is 0.203 e. The fourth-order valence-electron chi connectivity index (χ4n) is 3.10. The molecule has 1 heterocycles. The molecule has 31 heavy (non-hydrogen) atoms. The third kappa shape index (κ3) is 6.13. The first kappa shape index (κ1) is 25.0. The van der Waals surface area contributed by atoms with Crippen molar-refractivity contribution in [3.63, 3.8) is 0 Å². The van der Waals surface area contributed by atoms with Gasteiger partial charge in [-0.1, -0.05) is 11.6 Å². The predicted octanol–water partition coefficient (Wildman–Crippen LogP) is 3.62. The van der Waals surface area contributed by atoms with Crippen LogP contribution in [0.4, 0.5) is 0 Å². The quantitative estimate of drug-likeness (QED) is 0.303. The van der Waals surface area contributed by atoms with Crippen LogP contribution in [-0.4, -0.2) is 47.6 Å². The van der Waals surface area contributed by atoms with E-state index in [0.717, 1.165) is 11.1 Å². The summed E-state index contributed by atoms with van der Waals surface area (Å²) < 4.78 is 27.3. The van der Waals surface area contributed by atoms with Crippen molar-refractivity contribution in [3.05, 3.63) is 40.4 Å². The van der Waals surface area contributed by atoms with Crippen LogP contribution in [0, 0.1) is 0 Å². The summed E-state index contributed by atoms with van der Waals surface area (Å²) in [7, 11) is 6.47. The van der Waals surface area contributed by atoms with Crippen LogP contribution in [-0.2, 0) is 13.1 Å². The van der Waals surface area contributed by atoms with Gasteiger partial charge in [0.2, 0.25) is 5.75 Å². The molecule has 8 nitrogen and oxygen atoms in total. The van der Waals surface area contributed by atoms with E-state index in [0.29, 0.717) is 66.0 Å². The van der Waals surface area contributed by atoms with Crippen molar-refractivity contribution in [2.75, 3.05) is 41.6 Å². The summed E-state index contributed by atoms with van der Waals surface area (Å²) in [6.07, 6.45) is 0. The molecule has 0 bridgehead atoms. The van der Waals surface area contributed by atoms with Crippen LogP contribution in [0.3, 0.4) is 0 Å². The number of nitrogens with zero attached hydrogens (tertiary/aromatic N) is 1. The van der Waals surface area contributed by atoms with Crippen LogP contribution in [0.2, 0.25) is 5.02 Å². The zero-order valence-electron chi connectivity index (χ0n) is 17.9. The molecule has 1 aliphatic heterocycles. The molecule has 3 rings (SSSR count). The summed E-state index contributed by atoms with van der Waals surface area (Å²) in [5.41, 5.74) is 1.91. The van der Waals surface area contributed by atoms with Crippen LogP contribution in [0.25, 0.3) is 0 Å². The molecule has 0 spiro atoms. The van der Waals surface area contributed by atoms with Gasteiger partial charge in [-0.05, 0) is 35.4 Å². The number of aliphatic imine (C=N–C) groups is 1. The van der Waals surface area contributed by atoms with E-state index in [4.69, 9.17) is 35.3 Å². The van der Waals surface area contributed by atoms with Crippen molar-refractivity contribution in [2.45, 2.75) is 13.1 Å². The highest BCUT2D eigenvalue weighted by Crippen LogP contribution is 2.39. The largest absolute Gasteiger partial charge is 0.493 e. The van der Waals surface area contributed by atoms with Gasteiger partial charge in [-0.2, -0.15) is 0 Å². The highest BCUT2D eigenvalue weighted by molar-refractivity contribution is 14.0. The van der Waals surface area contributed by atoms with Gasteiger partial charge in [0.15, 0.2) is 29.0 Å². The zero-order valence-corrected chi connectivity index (χ0v) is 21.0. The number of nitrogens with one attached hydrogen (secondary N) is 2. The average Bonchev–Trinajstić information content (AvgIpc) is 2.78. The maximum absolute atomic E-state index is 6.31. The van der Waals surface area contributed by atoms with E-state index >= 15 is 0 Å². The lowest BCUT2D eigenvalue weighted by molar-refractivity contribution is 0.171. The van der Waals surface area contributed by atoms with Gasteiger partial charge >= 0.3 is 0 Å². The van der Waals surface area contributed by atoms with Crippen molar-refractivity contribution in [1.29, 1.82) is 0 Å². The lowest BCUT2D eigenvalue weighted by Gasteiger charge is -2.20. The Morgan fingerprint density at radius 1 is 0.935 bits per heavy atom. The molecule has 2 aromatic carbocycles. The van der Waals surface area contributed by atoms with Crippen molar-refractivity contribution < 1.29 is 23.7 Å². The average molecular weight is 564 g/mol. The minimum atomic E-state index is 0. The Morgan fingerprint density at radius 2 is 1.52 bits per heavy atom. The van der Waals surface area contributed by atoms with Crippen LogP contribution >= 0.6 is 35.6 Å². The second-order valence-corrected chi connectivity index (χ2v) is 6.82. The molecule has 0 saturated carbocycles. The van der Waals surface area contributed by atoms with E-state index in [-0.39, 0.29) is 24.0 Å². The number of hydrogen-bond acceptors (Lipinski definition) is 6. The molecule has 10 heteroatoms. The molecule has 170 valence electrons. The molecule has 0 radical (unpaired) electrons. The van der Waals surface area contributed by atoms with Gasteiger partial charge < -0.3 is 34.3 Å². The fourth-order valence-corrected chi connectivity index (χ4v) is 3.38. The number of guanidine groups is 1. The second kappa shape index (κ2) is 11.9. The summed E-state index contributed by atoms with van der Waals surface area (Å²) in [5, 5.41) is 7.07. The summed E-state index contributed by atoms with van der Waals surface area (Å²) in [6.45, 7) is 2.05. The number of methoxy groups -OCH3 is 3. The Balaban J connectivity index is 0.00000341. The van der Waals surface area contributed by atoms with Gasteiger partial charge in [-0.3, -0.25) is 4.99 Å². The molecule has 2 N–H and O–H groups in total. The van der Waals surface area contributed by atoms with Crippen LogP contribution in [0.1, 0.15) is 11.1 Å². The topological polar surface area (TPSA) is 82.6 Å². The molecule has 0 amide bonds. The van der Waals surface area contributed by atoms with Crippen LogP contribution < -0.4 is 34.3 Å². The maximum Gasteiger partial charge on any atom is 0.203 e. The molecule has 0 aromatic heterocycles. The van der Waals surface area contributed by atoms with E-state index in [1.165, 1.54) is 0 Å². The number of benzene rings is 2. The third-order valence-electron chi connectivity index (χ3n) is 4.52. The Kier molecular flexibility index (Phi) is 9.63. The fraction of sp³-hybridized carbons (Fsp3) is 0.381. The summed E-state index contributed by atoms with van der Waals surface area (Å²) >= 11 is 6.31. The lowest BCUT2D eigenvalue weighted by atomic mass is 10.1. The van der Waals surface area contributed by atoms with Gasteiger partial charge in [-0.25, -0.2) is 0 Å². The number of hydrogen-bond donors (Lipinski definition) is 2. The third-order valence-corrected chi connectivity index (χ3v) is 4.81. The van der Waals surface area contributed by atoms with E-state index in [1.54, 1.807) is 28.4 Å². The minimum Gasteiger partial charge on any atom is -0.493 e. The monoisotopic (exact) mass is 563 g/mol. The number of fused-ring (bicyclic) bond motifs is 1. The van der Waals surface area contributed by atoms with E-state index in [9.17, 15) is 0 Å². The van der Waals surface area contributed by atoms with E-state index in [2.05, 4.69) is 15.6 Å². The maximum atomic E-state index is 6.31. The van der Waals surface area contributed by atoms with Crippen LogP contribution in [0.5, 0.6) is 28.7 Å². The zero-order chi connectivity index (χ0) is 21.5. The molecule has 0 saturated heterocycles. The SMILES string of the molecule is CN=C(NCc1cc(Cl)c2c(c1)OCCO2)NCc1cc(OC)c(OC)c(OC)c1.I. The van der Waals surface area contributed by atoms with Gasteiger partial charge in [0.25, 0.3) is 0 Å². The number of halogens is 2. The first-order valence-corrected chi connectivity index (χ1v) is 9.78. The van der Waals surface area contributed by atoms with Crippen molar-refractivity contribution in [2.24, 2.45) is 4.99 Å². The summed E-state index contributed by atoms with van der Waals surface area (Å²) in [4.78, 5) is 4.27. The van der Waals surface area contributed by atoms with Gasteiger partial charge in [0, 0.05) is 20.1 Å². The predicted molar refractivity (Wildman–Crippen MR) is 131 cm³/mol. The van der Waals surface area contributed by atoms with Crippen molar-refractivity contribution >= 4 is 41.5 Å². The van der Waals surface area contributed by atoms with E-state index in [1.807, 2.05) is 24.3 Å². The van der Waals surface area contributed by atoms with Gasteiger partial charge in [0.05, 0.1) is 26.4 Å². The Bertz CT molecular complexity index is 901. The lowest BCUT2D eigenvalue weighted by Crippen LogP contribution is -2.36. The molecule has 0 fully saturated rings. The molecular formula is C21H27ClIN3O5. The Morgan fingerprint density at radius 3 is 2.06 bits per heavy atom. The molecule has 0 aliphatic carbocycles.